The van der Waals surface area contributed by atoms with Crippen LogP contribution < -0.4 is 0 Å². The monoisotopic (exact) mass is 1100 g/mol. The molecule has 6 nitrogen and oxygen atoms in total. The van der Waals surface area contributed by atoms with Crippen LogP contribution in [-0.2, 0) is 37.9 Å². The Labute approximate surface area is 481 Å². The number of phenolic OH excluding ortho intramolecular Hbond substituents is 5. The molecule has 5 aromatic rings. The molecule has 0 unspecified atom stereocenters. The van der Waals surface area contributed by atoms with Crippen LogP contribution in [0, 0.1) is 10.8 Å². The number of aliphatic hydroxyl groups is 1. The van der Waals surface area contributed by atoms with E-state index in [9.17, 15) is 30.6 Å². The molecule has 78 heavy (non-hydrogen) atoms. The Morgan fingerprint density at radius 2 is 0.641 bits per heavy atom. The summed E-state index contributed by atoms with van der Waals surface area (Å²) in [6.07, 6.45) is 2.92. The Kier molecular flexibility index (Phi) is 18.6. The van der Waals surface area contributed by atoms with Crippen molar-refractivity contribution >= 4 is 28.8 Å². The maximum absolute atomic E-state index is 11.4. The average Bonchev–Trinajstić information content (AvgIpc) is 3.23. The predicted molar refractivity (Wildman–Crippen MR) is 335 cm³/mol. The first kappa shape index (κ1) is 65.5. The molecule has 0 saturated carbocycles. The molecule has 0 aliphatic heterocycles. The van der Waals surface area contributed by atoms with Gasteiger partial charge < -0.3 is 30.6 Å². The van der Waals surface area contributed by atoms with Gasteiger partial charge in [0.15, 0.2) is 0 Å². The second-order valence-electron chi connectivity index (χ2n) is 30.8. The maximum atomic E-state index is 11.4. The van der Waals surface area contributed by atoms with E-state index in [0.29, 0.717) is 38.1 Å². The molecule has 0 atom stereocenters. The number of benzene rings is 5. The molecule has 0 saturated heterocycles. The van der Waals surface area contributed by atoms with Crippen molar-refractivity contribution in [2.24, 2.45) is 10.8 Å². The molecule has 0 amide bonds. The van der Waals surface area contributed by atoms with E-state index in [1.807, 2.05) is 59.7 Å². The van der Waals surface area contributed by atoms with Crippen LogP contribution in [0.4, 0.5) is 0 Å². The van der Waals surface area contributed by atoms with Crippen LogP contribution in [0.25, 0.3) is 27.8 Å². The fourth-order valence-corrected chi connectivity index (χ4v) is 10.3. The van der Waals surface area contributed by atoms with E-state index >= 15 is 0 Å². The summed E-state index contributed by atoms with van der Waals surface area (Å²) < 4.78 is 0. The minimum absolute atomic E-state index is 0.0612. The number of hydrogen-bond acceptors (Lipinski definition) is 6. The second-order valence-corrected chi connectivity index (χ2v) is 31.7. The van der Waals surface area contributed by atoms with Gasteiger partial charge >= 0.3 is 0 Å². The average molecular weight is 1110 g/mol. The third kappa shape index (κ3) is 15.2. The number of hydrogen-bond donors (Lipinski definition) is 6. The van der Waals surface area contributed by atoms with E-state index < -0.39 is 0 Å². The standard InChI is InChI=1S/C28H42O2.C22H32O2.C20H24Cl2O2/c1-25(2,3)17-13-19(23(29)21(15-17)27(7,8)9)20-14-18(26(4,5)6)16-22(24(20)30)28(10,11)12;1-20(2,3)16-11-9-10-14(18(16)23)15-12-22(7,8)13-17(19(15)24)21(4,5)6;1-19(2,3)15-9-11(21)7-13(17(15)23)14-8-12(22)10-16(18(14)24)20(4,5)6/h13-16,29-30H,1-12H3;9-12,23-24H,13H2,1-8H3;7-10,23-24H,1-6H3. The minimum Gasteiger partial charge on any atom is -0.507 e. The van der Waals surface area contributed by atoms with Crippen molar-refractivity contribution in [2.45, 2.75) is 224 Å². The zero-order valence-electron chi connectivity index (χ0n) is 52.6. The van der Waals surface area contributed by atoms with Gasteiger partial charge in [-0.1, -0.05) is 240 Å². The SMILES string of the molecule is CC(C)(C)c1cc(-c2cc(C(C)(C)C)cc(C(C)(C)C)c2O)c(O)c(C(C)(C)C)c1.CC(C)(C)c1cc(Cl)cc(-c2cc(Cl)cc(C(C)(C)C)c2O)c1O.CC1(C)C=C(c2cccc(C(C)(C)C)c2O)C(O)=C(C(C)(C)C)C1. The van der Waals surface area contributed by atoms with Gasteiger partial charge in [-0.25, -0.2) is 0 Å². The second kappa shape index (κ2) is 22.1. The summed E-state index contributed by atoms with van der Waals surface area (Å²) in [5.74, 6) is 1.35. The molecular formula is C70H98Cl2O6. The lowest BCUT2D eigenvalue weighted by Gasteiger charge is -2.36. The highest BCUT2D eigenvalue weighted by Crippen LogP contribution is 2.52. The molecule has 0 aromatic heterocycles. The number of allylic oxidation sites excluding steroid dienone is 3. The van der Waals surface area contributed by atoms with Crippen molar-refractivity contribution in [3.8, 4) is 51.0 Å². The molecule has 1 aliphatic rings. The van der Waals surface area contributed by atoms with Crippen molar-refractivity contribution in [1.82, 2.24) is 0 Å². The van der Waals surface area contributed by atoms with Crippen LogP contribution in [0.15, 0.2) is 84.1 Å². The Hall–Kier alpha value is -5.04. The Morgan fingerprint density at radius 3 is 0.936 bits per heavy atom. The summed E-state index contributed by atoms with van der Waals surface area (Å²) in [5.41, 5.74) is 9.87. The summed E-state index contributed by atoms with van der Waals surface area (Å²) in [5, 5.41) is 67.2. The molecule has 6 rings (SSSR count). The highest BCUT2D eigenvalue weighted by molar-refractivity contribution is 6.32. The first-order chi connectivity index (χ1) is 34.8. The van der Waals surface area contributed by atoms with Gasteiger partial charge in [0.25, 0.3) is 0 Å². The Bertz CT molecular complexity index is 2940. The van der Waals surface area contributed by atoms with E-state index in [-0.39, 0.29) is 77.5 Å². The van der Waals surface area contributed by atoms with Crippen molar-refractivity contribution < 1.29 is 30.6 Å². The lowest BCUT2D eigenvalue weighted by atomic mass is 9.69. The molecule has 6 N–H and O–H groups in total. The largest absolute Gasteiger partial charge is 0.507 e. The van der Waals surface area contributed by atoms with Crippen LogP contribution in [0.3, 0.4) is 0 Å². The van der Waals surface area contributed by atoms with Crippen LogP contribution >= 0.6 is 23.2 Å². The van der Waals surface area contributed by atoms with Crippen LogP contribution in [0.5, 0.6) is 28.7 Å². The number of rotatable bonds is 3. The number of phenols is 5. The van der Waals surface area contributed by atoms with E-state index in [2.05, 4.69) is 169 Å². The molecule has 428 valence electrons. The molecule has 0 heterocycles. The molecule has 0 spiro atoms. The van der Waals surface area contributed by atoms with Crippen LogP contribution in [0.1, 0.15) is 231 Å². The van der Waals surface area contributed by atoms with Crippen molar-refractivity contribution in [1.29, 1.82) is 0 Å². The smallest absolute Gasteiger partial charge is 0.127 e. The zero-order valence-corrected chi connectivity index (χ0v) is 54.1. The fraction of sp³-hybridized carbons (Fsp3) is 0.514. The molecule has 0 fully saturated rings. The molecule has 0 bridgehead atoms. The quantitative estimate of drug-likeness (QED) is 0.107. The van der Waals surface area contributed by atoms with Gasteiger partial charge in [-0.05, 0) is 114 Å². The zero-order chi connectivity index (χ0) is 60.4. The highest BCUT2D eigenvalue weighted by Gasteiger charge is 2.36. The third-order valence-electron chi connectivity index (χ3n) is 14.7. The van der Waals surface area contributed by atoms with Crippen LogP contribution in [-0.4, -0.2) is 30.6 Å². The molecular weight excluding hydrogens is 1010 g/mol. The van der Waals surface area contributed by atoms with Crippen molar-refractivity contribution in [3.05, 3.63) is 139 Å². The highest BCUT2D eigenvalue weighted by atomic mass is 35.5. The summed E-state index contributed by atoms with van der Waals surface area (Å²) in [4.78, 5) is 0. The number of aromatic hydroxyl groups is 5. The van der Waals surface area contributed by atoms with Crippen molar-refractivity contribution in [3.63, 3.8) is 0 Å². The maximum Gasteiger partial charge on any atom is 0.127 e. The van der Waals surface area contributed by atoms with Gasteiger partial charge in [-0.15, -0.1) is 0 Å². The van der Waals surface area contributed by atoms with E-state index in [4.69, 9.17) is 23.2 Å². The molecule has 0 radical (unpaired) electrons. The summed E-state index contributed by atoms with van der Waals surface area (Å²) in [7, 11) is 0. The Morgan fingerprint density at radius 1 is 0.346 bits per heavy atom. The topological polar surface area (TPSA) is 121 Å². The van der Waals surface area contributed by atoms with Gasteiger partial charge in [-0.2, -0.15) is 0 Å². The lowest BCUT2D eigenvalue weighted by molar-refractivity contribution is 0.337. The Balaban J connectivity index is 0.000000255. The predicted octanol–water partition coefficient (Wildman–Crippen LogP) is 21.0. The fourth-order valence-electron chi connectivity index (χ4n) is 9.85. The lowest BCUT2D eigenvalue weighted by Crippen LogP contribution is -2.24. The first-order valence-electron chi connectivity index (χ1n) is 27.6. The van der Waals surface area contributed by atoms with Crippen molar-refractivity contribution in [2.75, 3.05) is 0 Å². The summed E-state index contributed by atoms with van der Waals surface area (Å²) >= 11 is 12.5. The van der Waals surface area contributed by atoms with E-state index in [0.717, 1.165) is 62.1 Å². The summed E-state index contributed by atoms with van der Waals surface area (Å²) in [6.45, 7) is 54.8. The molecule has 1 aliphatic carbocycles. The van der Waals surface area contributed by atoms with Gasteiger partial charge in [0.1, 0.15) is 34.5 Å². The third-order valence-corrected chi connectivity index (χ3v) is 15.1. The van der Waals surface area contributed by atoms with Gasteiger partial charge in [0.05, 0.1) is 0 Å². The van der Waals surface area contributed by atoms with Gasteiger partial charge in [0, 0.05) is 65.7 Å². The normalized spacial score (nSPS) is 14.8. The van der Waals surface area contributed by atoms with E-state index in [1.54, 1.807) is 24.3 Å². The van der Waals surface area contributed by atoms with Gasteiger partial charge in [-0.3, -0.25) is 0 Å². The summed E-state index contributed by atoms with van der Waals surface area (Å²) in [6, 6.07) is 21.0. The molecule has 8 heteroatoms. The first-order valence-corrected chi connectivity index (χ1v) is 28.4. The molecule has 5 aromatic carbocycles. The number of para-hydroxylation sites is 1. The van der Waals surface area contributed by atoms with Gasteiger partial charge in [0.2, 0.25) is 0 Å². The number of aliphatic hydroxyl groups excluding tert-OH is 1. The van der Waals surface area contributed by atoms with Crippen LogP contribution in [0.2, 0.25) is 10.0 Å². The minimum atomic E-state index is -0.287. The van der Waals surface area contributed by atoms with E-state index in [1.165, 1.54) is 0 Å². The number of halogens is 2.